The van der Waals surface area contributed by atoms with Crippen molar-refractivity contribution in [2.45, 2.75) is 26.8 Å². The molecular weight excluding hydrogens is 452 g/mol. The highest BCUT2D eigenvalue weighted by molar-refractivity contribution is 6.08. The van der Waals surface area contributed by atoms with Crippen molar-refractivity contribution in [1.29, 1.82) is 0 Å². The highest BCUT2D eigenvalue weighted by atomic mass is 16.5. The summed E-state index contributed by atoms with van der Waals surface area (Å²) in [7, 11) is 1.57. The second kappa shape index (κ2) is 9.62. The average molecular weight is 479 g/mol. The number of benzene rings is 3. The molecule has 5 rings (SSSR count). The van der Waals surface area contributed by atoms with E-state index < -0.39 is 5.91 Å². The summed E-state index contributed by atoms with van der Waals surface area (Å²) in [6.45, 7) is 4.64. The van der Waals surface area contributed by atoms with Crippen LogP contribution in [-0.4, -0.2) is 27.7 Å². The lowest BCUT2D eigenvalue weighted by Gasteiger charge is -2.09. The highest BCUT2D eigenvalue weighted by Gasteiger charge is 2.19. The number of nitrogens with zero attached hydrogens (tertiary/aromatic N) is 4. The standard InChI is InChI=1S/C29H26N4O3/c1-4-14-33-26-13-10-18(2)15-23(26)27(29(33)35)31-32-28(34)22-17-25(19-8-6-5-7-9-19)30-24-12-11-20(36-3)16-21(22)24/h5-13,15-17,35H,4,14H2,1-3H3. The summed E-state index contributed by atoms with van der Waals surface area (Å²) in [5.41, 5.74) is 4.71. The van der Waals surface area contributed by atoms with Crippen LogP contribution in [0.4, 0.5) is 5.69 Å². The van der Waals surface area contributed by atoms with Gasteiger partial charge in [0, 0.05) is 22.9 Å². The van der Waals surface area contributed by atoms with Crippen molar-refractivity contribution in [2.24, 2.45) is 10.2 Å². The zero-order valence-corrected chi connectivity index (χ0v) is 20.4. The Balaban J connectivity index is 1.64. The topological polar surface area (TPSA) is 89.1 Å². The summed E-state index contributed by atoms with van der Waals surface area (Å²) < 4.78 is 7.17. The van der Waals surface area contributed by atoms with Crippen LogP contribution < -0.4 is 4.74 Å². The molecule has 0 spiro atoms. The maximum Gasteiger partial charge on any atom is 0.296 e. The molecule has 1 N–H and O–H groups in total. The van der Waals surface area contributed by atoms with E-state index >= 15 is 0 Å². The minimum Gasteiger partial charge on any atom is -0.497 e. The number of aryl methyl sites for hydroxylation is 2. The Hall–Kier alpha value is -4.52. The Morgan fingerprint density at radius 1 is 1.03 bits per heavy atom. The van der Waals surface area contributed by atoms with E-state index in [-0.39, 0.29) is 11.6 Å². The third kappa shape index (κ3) is 4.20. The quantitative estimate of drug-likeness (QED) is 0.261. The zero-order chi connectivity index (χ0) is 25.2. The largest absolute Gasteiger partial charge is 0.497 e. The Morgan fingerprint density at radius 3 is 2.58 bits per heavy atom. The Labute approximate surface area is 208 Å². The summed E-state index contributed by atoms with van der Waals surface area (Å²) in [5.74, 6) is 0.0787. The number of pyridine rings is 1. The predicted molar refractivity (Wildman–Crippen MR) is 141 cm³/mol. The number of amides is 1. The molecule has 0 aliphatic heterocycles. The van der Waals surface area contributed by atoms with E-state index in [1.54, 1.807) is 23.8 Å². The first-order chi connectivity index (χ1) is 17.5. The first-order valence-corrected chi connectivity index (χ1v) is 11.8. The molecule has 5 aromatic rings. The number of carbonyl (C=O) groups excluding carboxylic acids is 1. The van der Waals surface area contributed by atoms with Crippen LogP contribution in [0.25, 0.3) is 33.1 Å². The Morgan fingerprint density at radius 2 is 1.83 bits per heavy atom. The molecule has 0 atom stereocenters. The van der Waals surface area contributed by atoms with Crippen molar-refractivity contribution in [3.63, 3.8) is 0 Å². The molecule has 0 aliphatic rings. The molecule has 1 amide bonds. The van der Waals surface area contributed by atoms with Gasteiger partial charge in [0.05, 0.1) is 29.4 Å². The van der Waals surface area contributed by atoms with Crippen LogP contribution in [0.2, 0.25) is 0 Å². The molecule has 0 aliphatic carbocycles. The van der Waals surface area contributed by atoms with Gasteiger partial charge in [-0.2, -0.15) is 0 Å². The van der Waals surface area contributed by atoms with Crippen molar-refractivity contribution < 1.29 is 14.6 Å². The Bertz CT molecular complexity index is 1620. The highest BCUT2D eigenvalue weighted by Crippen LogP contribution is 2.40. The molecule has 0 radical (unpaired) electrons. The number of methoxy groups -OCH3 is 1. The molecule has 180 valence electrons. The maximum atomic E-state index is 13.4. The number of fused-ring (bicyclic) bond motifs is 2. The smallest absolute Gasteiger partial charge is 0.296 e. The lowest BCUT2D eigenvalue weighted by atomic mass is 10.0. The van der Waals surface area contributed by atoms with Crippen LogP contribution in [0.15, 0.2) is 83.0 Å². The van der Waals surface area contributed by atoms with E-state index in [2.05, 4.69) is 10.2 Å². The van der Waals surface area contributed by atoms with Gasteiger partial charge in [-0.25, -0.2) is 4.98 Å². The van der Waals surface area contributed by atoms with Crippen molar-refractivity contribution in [3.05, 3.63) is 83.9 Å². The predicted octanol–water partition coefficient (Wildman–Crippen LogP) is 7.21. The van der Waals surface area contributed by atoms with E-state index in [0.29, 0.717) is 34.5 Å². The van der Waals surface area contributed by atoms with Gasteiger partial charge in [0.15, 0.2) is 5.69 Å². The molecule has 36 heavy (non-hydrogen) atoms. The lowest BCUT2D eigenvalue weighted by molar-refractivity contribution is 0.0996. The second-order valence-electron chi connectivity index (χ2n) is 8.65. The normalized spacial score (nSPS) is 11.5. The van der Waals surface area contributed by atoms with E-state index in [4.69, 9.17) is 9.72 Å². The van der Waals surface area contributed by atoms with Gasteiger partial charge in [-0.15, -0.1) is 10.2 Å². The number of ether oxygens (including phenoxy) is 1. The number of carbonyl (C=O) groups is 1. The minimum atomic E-state index is -0.531. The van der Waals surface area contributed by atoms with Crippen molar-refractivity contribution in [2.75, 3.05) is 7.11 Å². The molecule has 2 aromatic heterocycles. The fourth-order valence-corrected chi connectivity index (χ4v) is 4.40. The molecular formula is C29H26N4O3. The SMILES string of the molecule is CCCn1c(O)c(N=NC(=O)c2cc(-c3ccccc3)nc3ccc(OC)cc23)c2cc(C)ccc21. The van der Waals surface area contributed by atoms with Crippen LogP contribution >= 0.6 is 0 Å². The summed E-state index contributed by atoms with van der Waals surface area (Å²) in [4.78, 5) is 18.2. The third-order valence-corrected chi connectivity index (χ3v) is 6.17. The van der Waals surface area contributed by atoms with E-state index in [1.807, 2.05) is 74.5 Å². The molecule has 0 bridgehead atoms. The van der Waals surface area contributed by atoms with E-state index in [0.717, 1.165) is 28.5 Å². The molecule has 7 heteroatoms. The van der Waals surface area contributed by atoms with Gasteiger partial charge in [0.2, 0.25) is 5.88 Å². The second-order valence-corrected chi connectivity index (χ2v) is 8.65. The Kier molecular flexibility index (Phi) is 6.21. The van der Waals surface area contributed by atoms with Gasteiger partial charge in [0.25, 0.3) is 5.91 Å². The summed E-state index contributed by atoms with van der Waals surface area (Å²) in [6, 6.07) is 22.7. The molecule has 2 heterocycles. The van der Waals surface area contributed by atoms with Gasteiger partial charge >= 0.3 is 0 Å². The monoisotopic (exact) mass is 478 g/mol. The fraction of sp³-hybridized carbons (Fsp3) is 0.172. The third-order valence-electron chi connectivity index (χ3n) is 6.17. The number of hydrogen-bond donors (Lipinski definition) is 1. The maximum absolute atomic E-state index is 13.4. The van der Waals surface area contributed by atoms with Gasteiger partial charge in [0.1, 0.15) is 5.75 Å². The number of azo groups is 1. The summed E-state index contributed by atoms with van der Waals surface area (Å²) >= 11 is 0. The first kappa shape index (κ1) is 23.2. The van der Waals surface area contributed by atoms with Crippen molar-refractivity contribution >= 4 is 33.4 Å². The van der Waals surface area contributed by atoms with Crippen LogP contribution in [0.3, 0.4) is 0 Å². The van der Waals surface area contributed by atoms with Crippen LogP contribution in [-0.2, 0) is 6.54 Å². The fourth-order valence-electron chi connectivity index (χ4n) is 4.40. The van der Waals surface area contributed by atoms with Gasteiger partial charge in [-0.05, 0) is 49.7 Å². The zero-order valence-electron chi connectivity index (χ0n) is 20.4. The molecule has 0 saturated heterocycles. The number of hydrogen-bond acceptors (Lipinski definition) is 5. The van der Waals surface area contributed by atoms with Gasteiger partial charge in [-0.3, -0.25) is 4.79 Å². The lowest BCUT2D eigenvalue weighted by Crippen LogP contribution is -1.99. The van der Waals surface area contributed by atoms with E-state index in [9.17, 15) is 9.90 Å². The number of aromatic hydroxyl groups is 1. The first-order valence-electron chi connectivity index (χ1n) is 11.8. The molecule has 0 unspecified atom stereocenters. The van der Waals surface area contributed by atoms with Crippen molar-refractivity contribution in [1.82, 2.24) is 9.55 Å². The van der Waals surface area contributed by atoms with Gasteiger partial charge in [-0.1, -0.05) is 48.9 Å². The molecule has 0 saturated carbocycles. The van der Waals surface area contributed by atoms with Crippen LogP contribution in [0, 0.1) is 6.92 Å². The van der Waals surface area contributed by atoms with Gasteiger partial charge < -0.3 is 14.4 Å². The summed E-state index contributed by atoms with van der Waals surface area (Å²) in [5, 5.41) is 20.6. The number of aromatic nitrogens is 2. The number of rotatable bonds is 6. The average Bonchev–Trinajstić information content (AvgIpc) is 3.16. The summed E-state index contributed by atoms with van der Waals surface area (Å²) in [6.07, 6.45) is 0.841. The minimum absolute atomic E-state index is 0.000213. The van der Waals surface area contributed by atoms with Crippen LogP contribution in [0.1, 0.15) is 29.3 Å². The van der Waals surface area contributed by atoms with E-state index in [1.165, 1.54) is 0 Å². The molecule has 3 aromatic carbocycles. The van der Waals surface area contributed by atoms with Crippen LogP contribution in [0.5, 0.6) is 11.6 Å². The molecule has 7 nitrogen and oxygen atoms in total. The van der Waals surface area contributed by atoms with Crippen molar-refractivity contribution in [3.8, 4) is 22.9 Å². The molecule has 0 fully saturated rings.